The normalized spacial score (nSPS) is 14.4. The molecular weight excluding hydrogens is 709 g/mol. The van der Waals surface area contributed by atoms with E-state index in [-0.39, 0.29) is 0 Å². The molecule has 0 fully saturated rings. The van der Waals surface area contributed by atoms with Crippen molar-refractivity contribution in [3.05, 3.63) is 211 Å². The summed E-state index contributed by atoms with van der Waals surface area (Å²) in [6.45, 7) is 0. The lowest BCUT2D eigenvalue weighted by Gasteiger charge is -2.25. The number of nitrogens with one attached hydrogen (secondary N) is 1. The van der Waals surface area contributed by atoms with Crippen molar-refractivity contribution in [2.45, 2.75) is 6.17 Å². The van der Waals surface area contributed by atoms with Gasteiger partial charge in [0.25, 0.3) is 0 Å². The summed E-state index contributed by atoms with van der Waals surface area (Å²) in [5.41, 5.74) is 10.3. The van der Waals surface area contributed by atoms with Gasteiger partial charge in [0.15, 0.2) is 5.84 Å². The van der Waals surface area contributed by atoms with Crippen LogP contribution in [0.2, 0.25) is 0 Å². The molecule has 0 saturated carbocycles. The molecule has 1 aliphatic heterocycles. The minimum absolute atomic E-state index is 0.395. The third-order valence-corrected chi connectivity index (χ3v) is 11.6. The number of para-hydroxylation sites is 1. The Labute approximate surface area is 333 Å². The molecule has 12 rings (SSSR count). The number of benzene rings is 9. The predicted molar refractivity (Wildman–Crippen MR) is 240 cm³/mol. The summed E-state index contributed by atoms with van der Waals surface area (Å²) in [7, 11) is 0. The first-order chi connectivity index (χ1) is 28.7. The maximum atomic E-state index is 6.51. The van der Waals surface area contributed by atoms with Gasteiger partial charge in [-0.2, -0.15) is 0 Å². The predicted octanol–water partition coefficient (Wildman–Crippen LogP) is 13.2. The SMILES string of the molecule is c1ccc(C2=NC(c3ccc(-n4c5cc6ccccc6cc5c5ccc6ccccc6c54)c(-c4ccc5c(c4)oc4ccccc45)c3)NC(c3ccccc3)=N2)cc1. The van der Waals surface area contributed by atoms with Crippen molar-refractivity contribution in [3.8, 4) is 16.8 Å². The highest BCUT2D eigenvalue weighted by atomic mass is 16.3. The first-order valence-electron chi connectivity index (χ1n) is 19.7. The number of aromatic nitrogens is 1. The monoisotopic (exact) mass is 742 g/mol. The molecule has 0 amide bonds. The third-order valence-electron chi connectivity index (χ3n) is 11.6. The number of fused-ring (bicyclic) bond motifs is 9. The van der Waals surface area contributed by atoms with Crippen LogP contribution in [0.5, 0.6) is 0 Å². The summed E-state index contributed by atoms with van der Waals surface area (Å²) in [6.07, 6.45) is -0.395. The summed E-state index contributed by atoms with van der Waals surface area (Å²) in [4.78, 5) is 10.3. The molecule has 1 N–H and O–H groups in total. The fourth-order valence-corrected chi connectivity index (χ4v) is 8.84. The van der Waals surface area contributed by atoms with Gasteiger partial charge in [0.05, 0.1) is 16.7 Å². The van der Waals surface area contributed by atoms with E-state index in [1.165, 1.54) is 37.8 Å². The van der Waals surface area contributed by atoms with Gasteiger partial charge in [-0.15, -0.1) is 0 Å². The average Bonchev–Trinajstić information content (AvgIpc) is 3.83. The zero-order valence-electron chi connectivity index (χ0n) is 31.3. The molecule has 0 aliphatic carbocycles. The van der Waals surface area contributed by atoms with Gasteiger partial charge >= 0.3 is 0 Å². The van der Waals surface area contributed by atoms with E-state index in [1.807, 2.05) is 48.5 Å². The molecule has 3 heterocycles. The molecule has 2 aromatic heterocycles. The molecule has 0 bridgehead atoms. The van der Waals surface area contributed by atoms with E-state index >= 15 is 0 Å². The number of hydrogen-bond acceptors (Lipinski definition) is 4. The molecule has 0 radical (unpaired) electrons. The Kier molecular flexibility index (Phi) is 7.23. The molecule has 272 valence electrons. The van der Waals surface area contributed by atoms with E-state index in [1.54, 1.807) is 0 Å². The highest BCUT2D eigenvalue weighted by molar-refractivity contribution is 6.21. The highest BCUT2D eigenvalue weighted by Crippen LogP contribution is 2.43. The van der Waals surface area contributed by atoms with Gasteiger partial charge in [0, 0.05) is 43.6 Å². The molecule has 0 saturated heterocycles. The van der Waals surface area contributed by atoms with E-state index < -0.39 is 6.17 Å². The van der Waals surface area contributed by atoms with Gasteiger partial charge in [-0.05, 0) is 69.8 Å². The summed E-state index contributed by atoms with van der Waals surface area (Å²) in [5, 5.41) is 13.2. The first-order valence-corrected chi connectivity index (χ1v) is 19.7. The molecule has 1 unspecified atom stereocenters. The van der Waals surface area contributed by atoms with Gasteiger partial charge in [-0.3, -0.25) is 0 Å². The second-order valence-electron chi connectivity index (χ2n) is 15.0. The van der Waals surface area contributed by atoms with E-state index in [0.717, 1.165) is 66.8 Å². The van der Waals surface area contributed by atoms with Crippen LogP contribution in [0.15, 0.2) is 209 Å². The third kappa shape index (κ3) is 5.17. The summed E-state index contributed by atoms with van der Waals surface area (Å²) >= 11 is 0. The van der Waals surface area contributed by atoms with Gasteiger partial charge < -0.3 is 14.3 Å². The van der Waals surface area contributed by atoms with Crippen LogP contribution in [0.25, 0.3) is 82.1 Å². The minimum Gasteiger partial charge on any atom is -0.456 e. The van der Waals surface area contributed by atoms with Crippen molar-refractivity contribution in [3.63, 3.8) is 0 Å². The van der Waals surface area contributed by atoms with Crippen molar-refractivity contribution in [2.24, 2.45) is 9.98 Å². The number of amidine groups is 2. The Hall–Kier alpha value is -7.76. The van der Waals surface area contributed by atoms with Crippen LogP contribution in [-0.4, -0.2) is 16.2 Å². The van der Waals surface area contributed by atoms with Gasteiger partial charge in [-0.25, -0.2) is 9.98 Å². The smallest absolute Gasteiger partial charge is 0.159 e. The van der Waals surface area contributed by atoms with E-state index in [4.69, 9.17) is 14.4 Å². The van der Waals surface area contributed by atoms with Gasteiger partial charge in [0.2, 0.25) is 0 Å². The van der Waals surface area contributed by atoms with Crippen molar-refractivity contribution < 1.29 is 4.42 Å². The molecule has 1 aliphatic rings. The Bertz CT molecular complexity index is 3480. The van der Waals surface area contributed by atoms with E-state index in [2.05, 4.69) is 155 Å². The lowest BCUT2D eigenvalue weighted by molar-refractivity contribution is 0.669. The zero-order chi connectivity index (χ0) is 38.2. The lowest BCUT2D eigenvalue weighted by Crippen LogP contribution is -2.33. The second kappa shape index (κ2) is 12.9. The van der Waals surface area contributed by atoms with Crippen LogP contribution >= 0.6 is 0 Å². The van der Waals surface area contributed by atoms with Crippen LogP contribution in [0.1, 0.15) is 22.9 Å². The van der Waals surface area contributed by atoms with Crippen LogP contribution < -0.4 is 5.32 Å². The van der Waals surface area contributed by atoms with Crippen molar-refractivity contribution in [1.82, 2.24) is 9.88 Å². The van der Waals surface area contributed by atoms with Crippen molar-refractivity contribution >= 4 is 77.0 Å². The molecule has 1 atom stereocenters. The van der Waals surface area contributed by atoms with E-state index in [9.17, 15) is 0 Å². The fraction of sp³-hybridized carbons (Fsp3) is 0.0189. The van der Waals surface area contributed by atoms with Crippen LogP contribution in [0.3, 0.4) is 0 Å². The number of nitrogens with zero attached hydrogens (tertiary/aromatic N) is 3. The number of aliphatic imine (C=N–C) groups is 2. The largest absolute Gasteiger partial charge is 0.456 e. The Morgan fingerprint density at radius 3 is 1.97 bits per heavy atom. The maximum Gasteiger partial charge on any atom is 0.159 e. The van der Waals surface area contributed by atoms with Crippen molar-refractivity contribution in [2.75, 3.05) is 0 Å². The van der Waals surface area contributed by atoms with Crippen LogP contribution in [0.4, 0.5) is 0 Å². The zero-order valence-corrected chi connectivity index (χ0v) is 31.3. The molecular formula is C53H34N4O. The maximum absolute atomic E-state index is 6.51. The molecule has 5 nitrogen and oxygen atoms in total. The van der Waals surface area contributed by atoms with E-state index in [0.29, 0.717) is 5.84 Å². The Balaban J connectivity index is 1.14. The molecule has 58 heavy (non-hydrogen) atoms. The lowest BCUT2D eigenvalue weighted by atomic mass is 9.97. The quantitative estimate of drug-likeness (QED) is 0.191. The van der Waals surface area contributed by atoms with Crippen molar-refractivity contribution in [1.29, 1.82) is 0 Å². The van der Waals surface area contributed by atoms with Gasteiger partial charge in [0.1, 0.15) is 23.2 Å². The topological polar surface area (TPSA) is 54.8 Å². The summed E-state index contributed by atoms with van der Waals surface area (Å²) in [5.74, 6) is 1.48. The fourth-order valence-electron chi connectivity index (χ4n) is 8.84. The summed E-state index contributed by atoms with van der Waals surface area (Å²) < 4.78 is 8.98. The highest BCUT2D eigenvalue weighted by Gasteiger charge is 2.24. The number of rotatable bonds is 5. The van der Waals surface area contributed by atoms with Crippen LogP contribution in [0, 0.1) is 0 Å². The van der Waals surface area contributed by atoms with Gasteiger partial charge in [-0.1, -0.05) is 152 Å². The first kappa shape index (κ1) is 32.5. The standard InChI is InChI=1S/C53H34N4O/c1-3-14-34(15-4-1)51-54-52(35-16-5-2-6-17-35)56-53(55-51)39-25-28-46(44(30-39)38-24-26-42-41-21-11-12-22-48(41)58-49(42)32-38)57-47-31-37-19-8-7-18-36(37)29-45(47)43-27-23-33-13-9-10-20-40(33)50(43)57/h1-32,53H,(H,54,55,56). The number of hydrogen-bond donors (Lipinski definition) is 1. The van der Waals surface area contributed by atoms with Crippen LogP contribution in [-0.2, 0) is 0 Å². The summed E-state index contributed by atoms with van der Waals surface area (Å²) in [6, 6.07) is 68.8. The minimum atomic E-state index is -0.395. The Morgan fingerprint density at radius 2 is 1.14 bits per heavy atom. The number of furan rings is 1. The molecule has 5 heteroatoms. The average molecular weight is 743 g/mol. The second-order valence-corrected chi connectivity index (χ2v) is 15.0. The Morgan fingerprint density at radius 1 is 0.466 bits per heavy atom. The molecule has 0 spiro atoms. The molecule has 9 aromatic carbocycles. The molecule has 11 aromatic rings.